The van der Waals surface area contributed by atoms with Crippen LogP contribution in [-0.2, 0) is 12.8 Å². The van der Waals surface area contributed by atoms with Gasteiger partial charge in [-0.2, -0.15) is 0 Å². The lowest BCUT2D eigenvalue weighted by atomic mass is 9.86. The Hall–Kier alpha value is -1.22. The van der Waals surface area contributed by atoms with E-state index >= 15 is 0 Å². The molecular formula is C17H24. The lowest BCUT2D eigenvalue weighted by Crippen LogP contribution is -2.03. The lowest BCUT2D eigenvalue weighted by molar-refractivity contribution is 0.622. The van der Waals surface area contributed by atoms with Crippen LogP contribution in [0.4, 0.5) is 0 Å². The third-order valence-electron chi connectivity index (χ3n) is 3.44. The van der Waals surface area contributed by atoms with Crippen LogP contribution in [0.2, 0.25) is 0 Å². The fourth-order valence-electron chi connectivity index (χ4n) is 2.42. The maximum Gasteiger partial charge on any atom is 0.0155 e. The number of hydrogen-bond acceptors (Lipinski definition) is 0. The molecule has 0 bridgehead atoms. The molecule has 0 saturated heterocycles. The van der Waals surface area contributed by atoms with Gasteiger partial charge in [0, 0.05) is 6.42 Å². The number of terminal acetylenes is 1. The number of rotatable bonds is 6. The summed E-state index contributed by atoms with van der Waals surface area (Å²) in [6.45, 7) is 6.67. The zero-order chi connectivity index (χ0) is 12.7. The molecule has 0 amide bonds. The van der Waals surface area contributed by atoms with E-state index in [1.165, 1.54) is 29.5 Å². The van der Waals surface area contributed by atoms with Crippen LogP contribution in [0.3, 0.4) is 0 Å². The maximum atomic E-state index is 5.51. The van der Waals surface area contributed by atoms with E-state index in [0.29, 0.717) is 5.92 Å². The van der Waals surface area contributed by atoms with Crippen molar-refractivity contribution in [1.29, 1.82) is 0 Å². The Labute approximate surface area is 106 Å². The van der Waals surface area contributed by atoms with Crippen molar-refractivity contribution >= 4 is 0 Å². The van der Waals surface area contributed by atoms with Gasteiger partial charge >= 0.3 is 0 Å². The highest BCUT2D eigenvalue weighted by molar-refractivity contribution is 5.35. The predicted octanol–water partition coefficient (Wildman–Crippen LogP) is 4.72. The number of benzene rings is 1. The zero-order valence-electron chi connectivity index (χ0n) is 11.4. The average Bonchev–Trinajstić information content (AvgIpc) is 2.37. The maximum absolute atomic E-state index is 5.51. The summed E-state index contributed by atoms with van der Waals surface area (Å²) in [5.41, 5.74) is 4.39. The van der Waals surface area contributed by atoms with E-state index in [2.05, 4.69) is 44.9 Å². The Kier molecular flexibility index (Phi) is 5.84. The second-order valence-electron chi connectivity index (χ2n) is 4.63. The fourth-order valence-corrected chi connectivity index (χ4v) is 2.42. The molecule has 1 atom stereocenters. The highest BCUT2D eigenvalue weighted by Crippen LogP contribution is 2.29. The SMILES string of the molecule is C#CCC(CCC)c1cc(CC)ccc1CC. The normalized spacial score (nSPS) is 12.1. The summed E-state index contributed by atoms with van der Waals surface area (Å²) in [7, 11) is 0. The molecule has 0 aromatic heterocycles. The minimum Gasteiger partial charge on any atom is -0.120 e. The van der Waals surface area contributed by atoms with Crippen molar-refractivity contribution < 1.29 is 0 Å². The van der Waals surface area contributed by atoms with Gasteiger partial charge in [0.1, 0.15) is 0 Å². The molecule has 1 unspecified atom stereocenters. The van der Waals surface area contributed by atoms with Gasteiger partial charge in [0.15, 0.2) is 0 Å². The number of hydrogen-bond donors (Lipinski definition) is 0. The van der Waals surface area contributed by atoms with E-state index in [1.807, 2.05) is 0 Å². The van der Waals surface area contributed by atoms with Gasteiger partial charge in [-0.15, -0.1) is 12.3 Å². The van der Waals surface area contributed by atoms with Crippen molar-refractivity contribution in [2.24, 2.45) is 0 Å². The minimum absolute atomic E-state index is 0.548. The van der Waals surface area contributed by atoms with Gasteiger partial charge in [-0.3, -0.25) is 0 Å². The Morgan fingerprint density at radius 2 is 1.94 bits per heavy atom. The third-order valence-corrected chi connectivity index (χ3v) is 3.44. The summed E-state index contributed by atoms with van der Waals surface area (Å²) in [5, 5.41) is 0. The molecule has 0 heteroatoms. The molecular weight excluding hydrogens is 204 g/mol. The highest BCUT2D eigenvalue weighted by Gasteiger charge is 2.13. The first-order valence-electron chi connectivity index (χ1n) is 6.81. The van der Waals surface area contributed by atoms with E-state index < -0.39 is 0 Å². The van der Waals surface area contributed by atoms with Crippen LogP contribution >= 0.6 is 0 Å². The molecule has 1 rings (SSSR count). The first-order chi connectivity index (χ1) is 8.26. The molecule has 17 heavy (non-hydrogen) atoms. The predicted molar refractivity (Wildman–Crippen MR) is 76.3 cm³/mol. The summed E-state index contributed by atoms with van der Waals surface area (Å²) in [6.07, 6.45) is 11.0. The quantitative estimate of drug-likeness (QED) is 0.618. The van der Waals surface area contributed by atoms with Gasteiger partial charge < -0.3 is 0 Å². The first kappa shape index (κ1) is 13.8. The Morgan fingerprint density at radius 3 is 2.47 bits per heavy atom. The Balaban J connectivity index is 3.09. The van der Waals surface area contributed by atoms with Crippen molar-refractivity contribution in [3.05, 3.63) is 34.9 Å². The summed E-state index contributed by atoms with van der Waals surface area (Å²) in [5.74, 6) is 3.39. The summed E-state index contributed by atoms with van der Waals surface area (Å²) >= 11 is 0. The Morgan fingerprint density at radius 1 is 1.18 bits per heavy atom. The zero-order valence-corrected chi connectivity index (χ0v) is 11.4. The van der Waals surface area contributed by atoms with Crippen molar-refractivity contribution in [3.8, 4) is 12.3 Å². The molecule has 1 aromatic carbocycles. The van der Waals surface area contributed by atoms with Gasteiger partial charge in [-0.1, -0.05) is 45.4 Å². The van der Waals surface area contributed by atoms with E-state index in [4.69, 9.17) is 6.42 Å². The van der Waals surface area contributed by atoms with Crippen LogP contribution < -0.4 is 0 Å². The van der Waals surface area contributed by atoms with Crippen molar-refractivity contribution in [2.45, 2.75) is 58.8 Å². The van der Waals surface area contributed by atoms with Gasteiger partial charge in [-0.25, -0.2) is 0 Å². The average molecular weight is 228 g/mol. The standard InChI is InChI=1S/C17H24/c1-5-9-16(10-6-2)17-13-14(7-3)11-12-15(17)8-4/h1,11-13,16H,6-10H2,2-4H3. The van der Waals surface area contributed by atoms with E-state index in [0.717, 1.165) is 19.3 Å². The van der Waals surface area contributed by atoms with Gasteiger partial charge in [-0.05, 0) is 41.9 Å². The summed E-state index contributed by atoms with van der Waals surface area (Å²) < 4.78 is 0. The van der Waals surface area contributed by atoms with E-state index in [-0.39, 0.29) is 0 Å². The molecule has 1 aromatic rings. The fraction of sp³-hybridized carbons (Fsp3) is 0.529. The van der Waals surface area contributed by atoms with Crippen LogP contribution in [0, 0.1) is 12.3 Å². The third kappa shape index (κ3) is 3.63. The topological polar surface area (TPSA) is 0 Å². The molecule has 0 N–H and O–H groups in total. The van der Waals surface area contributed by atoms with Crippen LogP contribution in [0.25, 0.3) is 0 Å². The lowest BCUT2D eigenvalue weighted by Gasteiger charge is -2.18. The smallest absolute Gasteiger partial charge is 0.0155 e. The minimum atomic E-state index is 0.548. The Bertz CT molecular complexity index is 382. The molecule has 0 spiro atoms. The summed E-state index contributed by atoms with van der Waals surface area (Å²) in [4.78, 5) is 0. The molecule has 0 aliphatic rings. The van der Waals surface area contributed by atoms with Gasteiger partial charge in [0.2, 0.25) is 0 Å². The van der Waals surface area contributed by atoms with Gasteiger partial charge in [0.05, 0.1) is 0 Å². The molecule has 0 fully saturated rings. The molecule has 0 radical (unpaired) electrons. The molecule has 92 valence electrons. The monoisotopic (exact) mass is 228 g/mol. The molecule has 0 nitrogen and oxygen atoms in total. The molecule has 0 aliphatic carbocycles. The van der Waals surface area contributed by atoms with E-state index in [9.17, 15) is 0 Å². The first-order valence-corrected chi connectivity index (χ1v) is 6.81. The summed E-state index contributed by atoms with van der Waals surface area (Å²) in [6, 6.07) is 6.91. The second-order valence-corrected chi connectivity index (χ2v) is 4.63. The van der Waals surface area contributed by atoms with Crippen molar-refractivity contribution in [1.82, 2.24) is 0 Å². The van der Waals surface area contributed by atoms with Crippen LogP contribution in [0.1, 0.15) is 62.6 Å². The molecule has 0 aliphatic heterocycles. The molecule has 0 saturated carbocycles. The van der Waals surface area contributed by atoms with Crippen LogP contribution in [-0.4, -0.2) is 0 Å². The van der Waals surface area contributed by atoms with Crippen molar-refractivity contribution in [3.63, 3.8) is 0 Å². The van der Waals surface area contributed by atoms with E-state index in [1.54, 1.807) is 0 Å². The van der Waals surface area contributed by atoms with Crippen LogP contribution in [0.15, 0.2) is 18.2 Å². The van der Waals surface area contributed by atoms with Crippen LogP contribution in [0.5, 0.6) is 0 Å². The second kappa shape index (κ2) is 7.17. The van der Waals surface area contributed by atoms with Gasteiger partial charge in [0.25, 0.3) is 0 Å². The largest absolute Gasteiger partial charge is 0.120 e. The molecule has 0 heterocycles. The number of aryl methyl sites for hydroxylation is 2. The highest BCUT2D eigenvalue weighted by atomic mass is 14.2. The van der Waals surface area contributed by atoms with Crippen molar-refractivity contribution in [2.75, 3.05) is 0 Å².